The van der Waals surface area contributed by atoms with E-state index in [1.54, 1.807) is 6.08 Å². The number of carbonyl (C=O) groups excluding carboxylic acids is 1. The van der Waals surface area contributed by atoms with Gasteiger partial charge >= 0.3 is 0 Å². The first-order valence-corrected chi connectivity index (χ1v) is 4.73. The maximum Gasteiger partial charge on any atom is 0.248 e. The average Bonchev–Trinajstić information content (AvgIpc) is 2.21. The lowest BCUT2D eigenvalue weighted by Crippen LogP contribution is -2.07. The summed E-state index contributed by atoms with van der Waals surface area (Å²) in [6.45, 7) is 4.01. The highest BCUT2D eigenvalue weighted by molar-refractivity contribution is 6.01. The van der Waals surface area contributed by atoms with Crippen LogP contribution in [0.4, 0.5) is 5.69 Å². The Morgan fingerprint density at radius 1 is 1.29 bits per heavy atom. The fourth-order valence-electron chi connectivity index (χ4n) is 1.70. The second-order valence-corrected chi connectivity index (χ2v) is 3.82. The minimum atomic E-state index is -0.0214. The first-order chi connectivity index (χ1) is 6.65. The lowest BCUT2D eigenvalue weighted by atomic mass is 10.0. The van der Waals surface area contributed by atoms with Gasteiger partial charge in [0.25, 0.3) is 0 Å². The van der Waals surface area contributed by atoms with E-state index in [0.717, 1.165) is 17.7 Å². The molecule has 2 nitrogen and oxygen atoms in total. The molecular weight excluding hydrogens is 174 g/mol. The van der Waals surface area contributed by atoms with E-state index in [1.807, 2.05) is 19.9 Å². The van der Waals surface area contributed by atoms with E-state index in [9.17, 15) is 4.79 Å². The highest BCUT2D eigenvalue weighted by Crippen LogP contribution is 2.23. The average molecular weight is 187 g/mol. The summed E-state index contributed by atoms with van der Waals surface area (Å²) in [5.74, 6) is -0.0214. The van der Waals surface area contributed by atoms with E-state index in [0.29, 0.717) is 0 Å². The molecule has 0 atom stereocenters. The SMILES string of the molecule is CC1=CC(=O)Nc2cc(C)ccc2C1. The summed E-state index contributed by atoms with van der Waals surface area (Å²) in [6.07, 6.45) is 2.52. The van der Waals surface area contributed by atoms with Gasteiger partial charge in [-0.2, -0.15) is 0 Å². The van der Waals surface area contributed by atoms with Crippen molar-refractivity contribution in [3.63, 3.8) is 0 Å². The molecule has 0 fully saturated rings. The molecule has 2 heteroatoms. The number of hydrogen-bond donors (Lipinski definition) is 1. The Hall–Kier alpha value is -1.57. The van der Waals surface area contributed by atoms with E-state index < -0.39 is 0 Å². The van der Waals surface area contributed by atoms with E-state index in [1.165, 1.54) is 11.1 Å². The molecule has 1 amide bonds. The van der Waals surface area contributed by atoms with Crippen molar-refractivity contribution in [2.24, 2.45) is 0 Å². The Morgan fingerprint density at radius 2 is 2.07 bits per heavy atom. The van der Waals surface area contributed by atoms with Gasteiger partial charge < -0.3 is 5.32 Å². The third-order valence-electron chi connectivity index (χ3n) is 2.37. The van der Waals surface area contributed by atoms with Crippen LogP contribution in [0.2, 0.25) is 0 Å². The van der Waals surface area contributed by atoms with Crippen molar-refractivity contribution < 1.29 is 4.79 Å². The van der Waals surface area contributed by atoms with Crippen LogP contribution in [0.15, 0.2) is 29.8 Å². The summed E-state index contributed by atoms with van der Waals surface area (Å²) in [5.41, 5.74) is 4.41. The van der Waals surface area contributed by atoms with Crippen LogP contribution in [-0.4, -0.2) is 5.91 Å². The standard InChI is InChI=1S/C12H13NO/c1-8-3-4-10-5-9(2)7-12(14)13-11(10)6-8/h3-4,6-7H,5H2,1-2H3,(H,13,14). The van der Waals surface area contributed by atoms with E-state index >= 15 is 0 Å². The molecule has 0 saturated heterocycles. The van der Waals surface area contributed by atoms with Crippen LogP contribution in [0.25, 0.3) is 0 Å². The molecule has 0 aromatic heterocycles. The molecule has 72 valence electrons. The van der Waals surface area contributed by atoms with Gasteiger partial charge in [-0.25, -0.2) is 0 Å². The predicted molar refractivity (Wildman–Crippen MR) is 57.3 cm³/mol. The Morgan fingerprint density at radius 3 is 2.86 bits per heavy atom. The summed E-state index contributed by atoms with van der Waals surface area (Å²) >= 11 is 0. The number of carbonyl (C=O) groups is 1. The Labute approximate surface area is 83.6 Å². The summed E-state index contributed by atoms with van der Waals surface area (Å²) in [6, 6.07) is 6.16. The Kier molecular flexibility index (Phi) is 2.12. The number of fused-ring (bicyclic) bond motifs is 1. The first kappa shape index (κ1) is 9.00. The molecule has 1 aliphatic heterocycles. The van der Waals surface area contributed by atoms with Gasteiger partial charge in [0, 0.05) is 11.8 Å². The fourth-order valence-corrected chi connectivity index (χ4v) is 1.70. The maximum absolute atomic E-state index is 11.4. The molecule has 1 heterocycles. The van der Waals surface area contributed by atoms with Crippen molar-refractivity contribution in [1.29, 1.82) is 0 Å². The minimum absolute atomic E-state index is 0.0214. The molecule has 0 saturated carbocycles. The van der Waals surface area contributed by atoms with Crippen LogP contribution >= 0.6 is 0 Å². The number of hydrogen-bond acceptors (Lipinski definition) is 1. The largest absolute Gasteiger partial charge is 0.322 e. The second-order valence-electron chi connectivity index (χ2n) is 3.82. The van der Waals surface area contributed by atoms with Gasteiger partial charge in [-0.1, -0.05) is 17.7 Å². The zero-order valence-corrected chi connectivity index (χ0v) is 8.42. The zero-order valence-electron chi connectivity index (χ0n) is 8.42. The maximum atomic E-state index is 11.4. The molecule has 0 bridgehead atoms. The van der Waals surface area contributed by atoms with Gasteiger partial charge in [0.1, 0.15) is 0 Å². The molecule has 1 aromatic carbocycles. The van der Waals surface area contributed by atoms with E-state index in [-0.39, 0.29) is 5.91 Å². The number of allylic oxidation sites excluding steroid dienone is 1. The van der Waals surface area contributed by atoms with Gasteiger partial charge in [-0.3, -0.25) is 4.79 Å². The summed E-state index contributed by atoms with van der Waals surface area (Å²) < 4.78 is 0. The molecule has 1 N–H and O–H groups in total. The van der Waals surface area contributed by atoms with Gasteiger partial charge in [0.15, 0.2) is 0 Å². The number of nitrogens with one attached hydrogen (secondary N) is 1. The van der Waals surface area contributed by atoms with Crippen LogP contribution in [0.3, 0.4) is 0 Å². The quantitative estimate of drug-likeness (QED) is 0.664. The van der Waals surface area contributed by atoms with Crippen molar-refractivity contribution in [3.8, 4) is 0 Å². The third kappa shape index (κ3) is 1.69. The smallest absolute Gasteiger partial charge is 0.248 e. The molecular formula is C12H13NO. The molecule has 2 rings (SSSR count). The Balaban J connectivity index is 2.48. The lowest BCUT2D eigenvalue weighted by molar-refractivity contribution is -0.111. The number of aryl methyl sites for hydroxylation is 1. The minimum Gasteiger partial charge on any atom is -0.322 e. The fraction of sp³-hybridized carbons (Fsp3) is 0.250. The molecule has 0 radical (unpaired) electrons. The van der Waals surface area contributed by atoms with Crippen LogP contribution in [-0.2, 0) is 11.2 Å². The van der Waals surface area contributed by atoms with E-state index in [4.69, 9.17) is 0 Å². The first-order valence-electron chi connectivity index (χ1n) is 4.73. The van der Waals surface area contributed by atoms with Gasteiger partial charge in [-0.05, 0) is 37.5 Å². The monoisotopic (exact) mass is 187 g/mol. The molecule has 14 heavy (non-hydrogen) atoms. The molecule has 1 aromatic rings. The van der Waals surface area contributed by atoms with Crippen molar-refractivity contribution in [2.75, 3.05) is 5.32 Å². The van der Waals surface area contributed by atoms with E-state index in [2.05, 4.69) is 17.4 Å². The summed E-state index contributed by atoms with van der Waals surface area (Å²) in [4.78, 5) is 11.4. The molecule has 1 aliphatic rings. The summed E-state index contributed by atoms with van der Waals surface area (Å²) in [5, 5.41) is 2.88. The topological polar surface area (TPSA) is 29.1 Å². The molecule has 0 aliphatic carbocycles. The predicted octanol–water partition coefficient (Wildman–Crippen LogP) is 2.44. The number of rotatable bonds is 0. The van der Waals surface area contributed by atoms with Crippen LogP contribution < -0.4 is 5.32 Å². The van der Waals surface area contributed by atoms with Crippen LogP contribution in [0.1, 0.15) is 18.1 Å². The van der Waals surface area contributed by atoms with Crippen molar-refractivity contribution in [2.45, 2.75) is 20.3 Å². The lowest BCUT2D eigenvalue weighted by Gasteiger charge is -2.07. The highest BCUT2D eigenvalue weighted by atomic mass is 16.1. The summed E-state index contributed by atoms with van der Waals surface area (Å²) in [7, 11) is 0. The molecule has 0 spiro atoms. The zero-order chi connectivity index (χ0) is 10.1. The number of amides is 1. The van der Waals surface area contributed by atoms with Crippen molar-refractivity contribution >= 4 is 11.6 Å². The normalized spacial score (nSPS) is 15.3. The van der Waals surface area contributed by atoms with Crippen LogP contribution in [0.5, 0.6) is 0 Å². The van der Waals surface area contributed by atoms with Crippen molar-refractivity contribution in [3.05, 3.63) is 41.0 Å². The van der Waals surface area contributed by atoms with Gasteiger partial charge in [0.2, 0.25) is 5.91 Å². The third-order valence-corrected chi connectivity index (χ3v) is 2.37. The molecule has 0 unspecified atom stereocenters. The number of anilines is 1. The second kappa shape index (κ2) is 3.29. The van der Waals surface area contributed by atoms with Gasteiger partial charge in [-0.15, -0.1) is 0 Å². The van der Waals surface area contributed by atoms with Crippen molar-refractivity contribution in [1.82, 2.24) is 0 Å². The highest BCUT2D eigenvalue weighted by Gasteiger charge is 2.10. The number of benzene rings is 1. The Bertz CT molecular complexity index is 418. The van der Waals surface area contributed by atoms with Crippen LogP contribution in [0, 0.1) is 6.92 Å². The van der Waals surface area contributed by atoms with Gasteiger partial charge in [0.05, 0.1) is 0 Å².